The molecule has 0 bridgehead atoms. The molecule has 1 heterocycles. The van der Waals surface area contributed by atoms with Gasteiger partial charge in [0.2, 0.25) is 0 Å². The second-order valence-electron chi connectivity index (χ2n) is 4.75. The number of hydrogen-bond acceptors (Lipinski definition) is 4. The summed E-state index contributed by atoms with van der Waals surface area (Å²) in [5.41, 5.74) is 12.3. The predicted molar refractivity (Wildman–Crippen MR) is 70.0 cm³/mol. The second-order valence-corrected chi connectivity index (χ2v) is 4.75. The minimum absolute atomic E-state index is 0.147. The number of rotatable bonds is 1. The summed E-state index contributed by atoms with van der Waals surface area (Å²) in [6, 6.07) is 2.90. The Balaban J connectivity index is 2.40. The lowest BCUT2D eigenvalue weighted by atomic mass is 10.1. The zero-order chi connectivity index (χ0) is 15.1. The van der Waals surface area contributed by atoms with Crippen molar-refractivity contribution in [1.29, 1.82) is 0 Å². The zero-order valence-corrected chi connectivity index (χ0v) is 11.1. The lowest BCUT2D eigenvalue weighted by Gasteiger charge is -2.30. The van der Waals surface area contributed by atoms with Crippen LogP contribution in [0.4, 0.5) is 18.9 Å². The molecule has 0 saturated heterocycles. The Morgan fingerprint density at radius 3 is 2.60 bits per heavy atom. The molecule has 0 saturated carbocycles. The van der Waals surface area contributed by atoms with Crippen molar-refractivity contribution < 1.29 is 17.9 Å². The third-order valence-electron chi connectivity index (χ3n) is 3.09. The van der Waals surface area contributed by atoms with Gasteiger partial charge in [0, 0.05) is 11.7 Å². The van der Waals surface area contributed by atoms with Crippen molar-refractivity contribution >= 4 is 5.69 Å². The Labute approximate surface area is 114 Å². The van der Waals surface area contributed by atoms with E-state index in [-0.39, 0.29) is 11.8 Å². The number of hydrogen-bond donors (Lipinski definition) is 3. The number of fused-ring (bicyclic) bond motifs is 1. The van der Waals surface area contributed by atoms with Crippen LogP contribution in [0.2, 0.25) is 0 Å². The van der Waals surface area contributed by atoms with Gasteiger partial charge in [0.05, 0.1) is 16.9 Å². The van der Waals surface area contributed by atoms with E-state index in [0.717, 1.165) is 12.1 Å². The number of nitrogens with two attached hydrogens (primary N) is 2. The highest BCUT2D eigenvalue weighted by atomic mass is 19.4. The highest BCUT2D eigenvalue weighted by Crippen LogP contribution is 2.38. The van der Waals surface area contributed by atoms with Crippen molar-refractivity contribution in [1.82, 2.24) is 0 Å². The molecule has 20 heavy (non-hydrogen) atoms. The molecular formula is C13H16F3N3O. The molecule has 4 nitrogen and oxygen atoms in total. The number of ether oxygens (including phenoxy) is 1. The summed E-state index contributed by atoms with van der Waals surface area (Å²) in [6.45, 7) is 3.42. The summed E-state index contributed by atoms with van der Waals surface area (Å²) >= 11 is 0. The van der Waals surface area contributed by atoms with Gasteiger partial charge >= 0.3 is 6.18 Å². The van der Waals surface area contributed by atoms with Gasteiger partial charge in [0.25, 0.3) is 0 Å². The maximum atomic E-state index is 12.6. The van der Waals surface area contributed by atoms with Crippen molar-refractivity contribution in [2.45, 2.75) is 32.2 Å². The fourth-order valence-electron chi connectivity index (χ4n) is 1.95. The predicted octanol–water partition coefficient (Wildman–Crippen LogP) is 2.42. The van der Waals surface area contributed by atoms with E-state index >= 15 is 0 Å². The largest absolute Gasteiger partial charge is 0.482 e. The Bertz CT molecular complexity index is 552. The third-order valence-corrected chi connectivity index (χ3v) is 3.09. The van der Waals surface area contributed by atoms with Gasteiger partial charge in [-0.1, -0.05) is 0 Å². The average Bonchev–Trinajstić information content (AvgIpc) is 2.35. The molecule has 5 N–H and O–H groups in total. The summed E-state index contributed by atoms with van der Waals surface area (Å²) in [5.74, 6) is 0.147. The van der Waals surface area contributed by atoms with Gasteiger partial charge in [-0.05, 0) is 32.0 Å². The van der Waals surface area contributed by atoms with Crippen molar-refractivity contribution in [3.05, 3.63) is 35.2 Å². The average molecular weight is 287 g/mol. The SMILES string of the molecule is CC(N)/C(N)=C1/Nc2ccc(C(F)(F)F)cc2OC1C. The fourth-order valence-corrected chi connectivity index (χ4v) is 1.95. The van der Waals surface area contributed by atoms with Crippen LogP contribution in [0.15, 0.2) is 29.6 Å². The van der Waals surface area contributed by atoms with Crippen LogP contribution in [0.3, 0.4) is 0 Å². The minimum Gasteiger partial charge on any atom is -0.482 e. The quantitative estimate of drug-likeness (QED) is 0.741. The molecule has 110 valence electrons. The first kappa shape index (κ1) is 14.5. The van der Waals surface area contributed by atoms with Gasteiger partial charge in [-0.2, -0.15) is 13.2 Å². The van der Waals surface area contributed by atoms with Crippen LogP contribution in [-0.2, 0) is 6.18 Å². The molecule has 2 atom stereocenters. The first-order valence-electron chi connectivity index (χ1n) is 6.10. The Morgan fingerprint density at radius 1 is 1.40 bits per heavy atom. The molecule has 1 aliphatic heterocycles. The molecule has 0 spiro atoms. The molecule has 0 aromatic heterocycles. The van der Waals surface area contributed by atoms with Gasteiger partial charge in [0.15, 0.2) is 0 Å². The number of benzene rings is 1. The van der Waals surface area contributed by atoms with Crippen molar-refractivity contribution in [2.24, 2.45) is 11.5 Å². The van der Waals surface area contributed by atoms with Gasteiger partial charge in [-0.3, -0.25) is 0 Å². The van der Waals surface area contributed by atoms with E-state index in [1.807, 2.05) is 0 Å². The maximum Gasteiger partial charge on any atom is 0.416 e. The highest BCUT2D eigenvalue weighted by molar-refractivity contribution is 5.64. The molecule has 1 aliphatic rings. The Morgan fingerprint density at radius 2 is 2.05 bits per heavy atom. The smallest absolute Gasteiger partial charge is 0.416 e. The molecule has 0 amide bonds. The molecule has 2 unspecified atom stereocenters. The Kier molecular flexibility index (Phi) is 3.56. The van der Waals surface area contributed by atoms with Crippen molar-refractivity contribution in [3.8, 4) is 5.75 Å². The standard InChI is InChI=1S/C13H16F3N3O/c1-6(17)11(18)12-7(2)20-10-5-8(13(14,15)16)3-4-9(10)19-12/h3-7,19H,17-18H2,1-2H3/b12-11-. The molecule has 0 fully saturated rings. The van der Waals surface area contributed by atoms with Crippen LogP contribution >= 0.6 is 0 Å². The maximum absolute atomic E-state index is 12.6. The lowest BCUT2D eigenvalue weighted by molar-refractivity contribution is -0.137. The summed E-state index contributed by atoms with van der Waals surface area (Å²) in [7, 11) is 0. The van der Waals surface area contributed by atoms with E-state index in [1.165, 1.54) is 6.07 Å². The first-order chi connectivity index (χ1) is 9.20. The number of halogens is 3. The van der Waals surface area contributed by atoms with Crippen LogP contribution in [0.5, 0.6) is 5.75 Å². The molecule has 1 aromatic carbocycles. The minimum atomic E-state index is -4.40. The van der Waals surface area contributed by atoms with E-state index < -0.39 is 17.8 Å². The van der Waals surface area contributed by atoms with Crippen molar-refractivity contribution in [3.63, 3.8) is 0 Å². The summed E-state index contributed by atoms with van der Waals surface area (Å²) < 4.78 is 43.4. The van der Waals surface area contributed by atoms with Crippen LogP contribution in [0.25, 0.3) is 0 Å². The molecule has 0 radical (unpaired) electrons. The van der Waals surface area contributed by atoms with Gasteiger partial charge < -0.3 is 21.5 Å². The molecule has 7 heteroatoms. The van der Waals surface area contributed by atoms with Crippen LogP contribution in [-0.4, -0.2) is 12.1 Å². The molecule has 2 rings (SSSR count). The fraction of sp³-hybridized carbons (Fsp3) is 0.385. The number of alkyl halides is 3. The third kappa shape index (κ3) is 2.67. The monoisotopic (exact) mass is 287 g/mol. The first-order valence-corrected chi connectivity index (χ1v) is 6.10. The lowest BCUT2D eigenvalue weighted by Crippen LogP contribution is -2.34. The van der Waals surface area contributed by atoms with E-state index in [4.69, 9.17) is 16.2 Å². The second kappa shape index (κ2) is 4.90. The van der Waals surface area contributed by atoms with Crippen LogP contribution in [0, 0.1) is 0 Å². The van der Waals surface area contributed by atoms with E-state index in [0.29, 0.717) is 17.1 Å². The molecule has 0 aliphatic carbocycles. The van der Waals surface area contributed by atoms with E-state index in [2.05, 4.69) is 5.32 Å². The van der Waals surface area contributed by atoms with Gasteiger partial charge in [-0.25, -0.2) is 0 Å². The molecular weight excluding hydrogens is 271 g/mol. The van der Waals surface area contributed by atoms with Gasteiger partial charge in [-0.15, -0.1) is 0 Å². The normalized spacial score (nSPS) is 22.4. The zero-order valence-electron chi connectivity index (χ0n) is 11.1. The highest BCUT2D eigenvalue weighted by Gasteiger charge is 2.33. The van der Waals surface area contributed by atoms with Crippen LogP contribution < -0.4 is 21.5 Å². The van der Waals surface area contributed by atoms with Gasteiger partial charge in [0.1, 0.15) is 11.9 Å². The number of nitrogens with one attached hydrogen (secondary N) is 1. The molecule has 1 aromatic rings. The topological polar surface area (TPSA) is 73.3 Å². The Hall–Kier alpha value is -1.89. The van der Waals surface area contributed by atoms with E-state index in [1.54, 1.807) is 13.8 Å². The summed E-state index contributed by atoms with van der Waals surface area (Å²) in [5, 5.41) is 2.99. The summed E-state index contributed by atoms with van der Waals surface area (Å²) in [6.07, 6.45) is -4.89. The van der Waals surface area contributed by atoms with Crippen LogP contribution in [0.1, 0.15) is 19.4 Å². The van der Waals surface area contributed by atoms with E-state index in [9.17, 15) is 13.2 Å². The number of anilines is 1. The summed E-state index contributed by atoms with van der Waals surface area (Å²) in [4.78, 5) is 0. The van der Waals surface area contributed by atoms with Crippen molar-refractivity contribution in [2.75, 3.05) is 5.32 Å².